The average Bonchev–Trinajstić information content (AvgIpc) is 3.15. The molecule has 3 aromatic rings. The maximum Gasteiger partial charge on any atom is 0.251 e. The number of amides is 1. The van der Waals surface area contributed by atoms with Crippen molar-refractivity contribution in [1.29, 1.82) is 0 Å². The fourth-order valence-electron chi connectivity index (χ4n) is 3.40. The second kappa shape index (κ2) is 9.24. The Labute approximate surface area is 172 Å². The molecule has 1 heterocycles. The van der Waals surface area contributed by atoms with Crippen molar-refractivity contribution in [3.05, 3.63) is 66.4 Å². The number of fused-ring (bicyclic) bond motifs is 1. The van der Waals surface area contributed by atoms with Crippen LogP contribution < -0.4 is 5.32 Å². The molecule has 3 rings (SSSR count). The Kier molecular flexibility index (Phi) is 6.71. The molecule has 0 radical (unpaired) electrons. The van der Waals surface area contributed by atoms with Gasteiger partial charge in [0.25, 0.3) is 5.91 Å². The molecule has 0 spiro atoms. The third kappa shape index (κ3) is 4.68. The van der Waals surface area contributed by atoms with Gasteiger partial charge in [0.1, 0.15) is 0 Å². The number of aromatic nitrogens is 1. The molecule has 1 aromatic heterocycles. The highest BCUT2D eigenvalue weighted by Gasteiger charge is 2.22. The largest absolute Gasteiger partial charge is 0.352 e. The fourth-order valence-corrected chi connectivity index (χ4v) is 4.90. The molecule has 0 bridgehead atoms. The first kappa shape index (κ1) is 21.1. The van der Waals surface area contributed by atoms with Gasteiger partial charge in [-0.15, -0.1) is 0 Å². The van der Waals surface area contributed by atoms with E-state index in [1.165, 1.54) is 27.3 Å². The van der Waals surface area contributed by atoms with Crippen molar-refractivity contribution in [3.63, 3.8) is 0 Å². The van der Waals surface area contributed by atoms with Crippen LogP contribution in [-0.4, -0.2) is 42.8 Å². The van der Waals surface area contributed by atoms with Crippen LogP contribution in [0.25, 0.3) is 10.9 Å². The number of nitrogens with one attached hydrogen (secondary N) is 1. The molecular weight excluding hydrogens is 386 g/mol. The predicted molar refractivity (Wildman–Crippen MR) is 115 cm³/mol. The first-order valence-corrected chi connectivity index (χ1v) is 11.3. The highest BCUT2D eigenvalue weighted by molar-refractivity contribution is 7.89. The van der Waals surface area contributed by atoms with E-state index in [0.717, 1.165) is 13.0 Å². The van der Waals surface area contributed by atoms with E-state index in [-0.39, 0.29) is 10.8 Å². The van der Waals surface area contributed by atoms with Crippen molar-refractivity contribution in [2.24, 2.45) is 0 Å². The molecule has 29 heavy (non-hydrogen) atoms. The number of carbonyl (C=O) groups is 1. The lowest BCUT2D eigenvalue weighted by Crippen LogP contribution is -2.31. The van der Waals surface area contributed by atoms with E-state index < -0.39 is 10.0 Å². The minimum absolute atomic E-state index is 0.146. The Morgan fingerprint density at radius 2 is 1.79 bits per heavy atom. The molecule has 1 N–H and O–H groups in total. The molecule has 0 saturated heterocycles. The van der Waals surface area contributed by atoms with Crippen molar-refractivity contribution in [2.75, 3.05) is 19.6 Å². The summed E-state index contributed by atoms with van der Waals surface area (Å²) in [5, 5.41) is 4.08. The van der Waals surface area contributed by atoms with Gasteiger partial charge in [-0.25, -0.2) is 8.42 Å². The summed E-state index contributed by atoms with van der Waals surface area (Å²) < 4.78 is 28.9. The van der Waals surface area contributed by atoms with Gasteiger partial charge in [-0.05, 0) is 42.1 Å². The Balaban J connectivity index is 1.60. The van der Waals surface area contributed by atoms with E-state index in [2.05, 4.69) is 28.1 Å². The first-order valence-electron chi connectivity index (χ1n) is 9.89. The highest BCUT2D eigenvalue weighted by atomic mass is 32.2. The molecule has 1 amide bonds. The third-order valence-corrected chi connectivity index (χ3v) is 7.03. The van der Waals surface area contributed by atoms with Crippen LogP contribution >= 0.6 is 0 Å². The molecule has 0 aliphatic rings. The first-order chi connectivity index (χ1) is 14.0. The van der Waals surface area contributed by atoms with Gasteiger partial charge < -0.3 is 9.88 Å². The summed E-state index contributed by atoms with van der Waals surface area (Å²) in [6.07, 6.45) is 2.83. The Morgan fingerprint density at radius 3 is 2.55 bits per heavy atom. The number of sulfonamides is 1. The zero-order valence-corrected chi connectivity index (χ0v) is 17.7. The summed E-state index contributed by atoms with van der Waals surface area (Å²) in [7, 11) is -3.58. The average molecular weight is 414 g/mol. The number of carbonyl (C=O) groups excluding carboxylic acids is 1. The molecule has 154 valence electrons. The minimum Gasteiger partial charge on any atom is -0.352 e. The van der Waals surface area contributed by atoms with Crippen LogP contribution in [0.1, 0.15) is 30.6 Å². The zero-order valence-electron chi connectivity index (χ0n) is 16.8. The van der Waals surface area contributed by atoms with Gasteiger partial charge in [-0.1, -0.05) is 38.1 Å². The SMILES string of the molecule is CCN(CC)S(=O)(=O)c1cccc(C(=O)NCCCn2ccc3ccccc32)c1. The van der Waals surface area contributed by atoms with Crippen LogP contribution in [0.15, 0.2) is 65.7 Å². The summed E-state index contributed by atoms with van der Waals surface area (Å²) in [4.78, 5) is 12.6. The van der Waals surface area contributed by atoms with E-state index in [1.807, 2.05) is 18.3 Å². The van der Waals surface area contributed by atoms with E-state index in [4.69, 9.17) is 0 Å². The van der Waals surface area contributed by atoms with Gasteiger partial charge in [-0.3, -0.25) is 4.79 Å². The summed E-state index contributed by atoms with van der Waals surface area (Å²) >= 11 is 0. The van der Waals surface area contributed by atoms with Gasteiger partial charge >= 0.3 is 0 Å². The zero-order chi connectivity index (χ0) is 20.9. The quantitative estimate of drug-likeness (QED) is 0.546. The third-order valence-electron chi connectivity index (χ3n) is 4.98. The second-order valence-corrected chi connectivity index (χ2v) is 8.73. The van der Waals surface area contributed by atoms with Crippen molar-refractivity contribution in [1.82, 2.24) is 14.2 Å². The van der Waals surface area contributed by atoms with Crippen LogP contribution in [0.3, 0.4) is 0 Å². The number of benzene rings is 2. The standard InChI is InChI=1S/C22H27N3O3S/c1-3-25(4-2)29(27,28)20-11-7-10-19(17-20)22(26)23-14-8-15-24-16-13-18-9-5-6-12-21(18)24/h5-7,9-13,16-17H,3-4,8,14-15H2,1-2H3,(H,23,26). The lowest BCUT2D eigenvalue weighted by molar-refractivity contribution is 0.0952. The van der Waals surface area contributed by atoms with Crippen LogP contribution in [-0.2, 0) is 16.6 Å². The van der Waals surface area contributed by atoms with E-state index in [1.54, 1.807) is 26.0 Å². The molecule has 0 saturated carbocycles. The molecule has 0 unspecified atom stereocenters. The summed E-state index contributed by atoms with van der Waals surface area (Å²) in [6.45, 7) is 5.69. The lowest BCUT2D eigenvalue weighted by atomic mass is 10.2. The second-order valence-electron chi connectivity index (χ2n) is 6.79. The van der Waals surface area contributed by atoms with Crippen LogP contribution in [0.5, 0.6) is 0 Å². The molecule has 0 fully saturated rings. The number of rotatable bonds is 9. The maximum atomic E-state index is 12.7. The van der Waals surface area contributed by atoms with E-state index >= 15 is 0 Å². The van der Waals surface area contributed by atoms with Gasteiger partial charge in [0.05, 0.1) is 4.90 Å². The molecule has 0 atom stereocenters. The number of hydrogen-bond donors (Lipinski definition) is 1. The predicted octanol–water partition coefficient (Wildman–Crippen LogP) is 3.49. The summed E-state index contributed by atoms with van der Waals surface area (Å²) in [6, 6.07) is 16.5. The van der Waals surface area contributed by atoms with E-state index in [0.29, 0.717) is 25.2 Å². The minimum atomic E-state index is -3.58. The van der Waals surface area contributed by atoms with Crippen LogP contribution in [0, 0.1) is 0 Å². The molecule has 6 nitrogen and oxygen atoms in total. The van der Waals surface area contributed by atoms with Crippen molar-refractivity contribution < 1.29 is 13.2 Å². The summed E-state index contributed by atoms with van der Waals surface area (Å²) in [5.74, 6) is -0.265. The normalized spacial score (nSPS) is 11.8. The van der Waals surface area contributed by atoms with Gasteiger partial charge in [-0.2, -0.15) is 4.31 Å². The van der Waals surface area contributed by atoms with Crippen molar-refractivity contribution in [3.8, 4) is 0 Å². The van der Waals surface area contributed by atoms with Gasteiger partial charge in [0, 0.05) is 43.5 Å². The monoisotopic (exact) mass is 413 g/mol. The van der Waals surface area contributed by atoms with E-state index in [9.17, 15) is 13.2 Å². The van der Waals surface area contributed by atoms with Crippen molar-refractivity contribution >= 4 is 26.8 Å². The topological polar surface area (TPSA) is 71.4 Å². The number of hydrogen-bond acceptors (Lipinski definition) is 3. The smallest absolute Gasteiger partial charge is 0.251 e. The summed E-state index contributed by atoms with van der Waals surface area (Å²) in [5.41, 5.74) is 1.53. The van der Waals surface area contributed by atoms with Crippen LogP contribution in [0.4, 0.5) is 0 Å². The molecular formula is C22H27N3O3S. The van der Waals surface area contributed by atoms with Crippen LogP contribution in [0.2, 0.25) is 0 Å². The molecule has 0 aliphatic heterocycles. The fraction of sp³-hybridized carbons (Fsp3) is 0.318. The molecule has 7 heteroatoms. The number of aryl methyl sites for hydroxylation is 1. The number of para-hydroxylation sites is 1. The van der Waals surface area contributed by atoms with Gasteiger partial charge in [0.15, 0.2) is 0 Å². The molecule has 0 aliphatic carbocycles. The number of nitrogens with zero attached hydrogens (tertiary/aromatic N) is 2. The molecule has 2 aromatic carbocycles. The van der Waals surface area contributed by atoms with Gasteiger partial charge in [0.2, 0.25) is 10.0 Å². The lowest BCUT2D eigenvalue weighted by Gasteiger charge is -2.18. The Morgan fingerprint density at radius 1 is 1.03 bits per heavy atom. The highest BCUT2D eigenvalue weighted by Crippen LogP contribution is 2.17. The Hall–Kier alpha value is -2.64. The Bertz CT molecular complexity index is 1090. The maximum absolute atomic E-state index is 12.7. The van der Waals surface area contributed by atoms with Crippen molar-refractivity contribution in [2.45, 2.75) is 31.7 Å².